The fraction of sp³-hybridized carbons (Fsp3) is 0.375. The van der Waals surface area contributed by atoms with E-state index in [1.165, 1.54) is 0 Å². The number of carbonyl (C=O) groups excluding carboxylic acids is 1. The summed E-state index contributed by atoms with van der Waals surface area (Å²) in [5.41, 5.74) is 1.44. The van der Waals surface area contributed by atoms with Gasteiger partial charge in [0, 0.05) is 13.0 Å². The molecule has 2 aromatic rings. The Morgan fingerprint density at radius 2 is 2.10 bits per heavy atom. The zero-order chi connectivity index (χ0) is 15.2. The lowest BCUT2D eigenvalue weighted by Crippen LogP contribution is -2.13. The molecule has 21 heavy (non-hydrogen) atoms. The molecule has 0 aliphatic carbocycles. The van der Waals surface area contributed by atoms with E-state index in [-0.39, 0.29) is 5.78 Å². The summed E-state index contributed by atoms with van der Waals surface area (Å²) in [7, 11) is 3.16. The SMILES string of the molecule is CCCn1ncc(OC)c1C(=O)Cc1cccc(OC)c1. The molecule has 0 N–H and O–H groups in total. The molecule has 0 aliphatic heterocycles. The van der Waals surface area contributed by atoms with E-state index in [1.807, 2.05) is 31.2 Å². The number of ether oxygens (including phenoxy) is 2. The zero-order valence-corrected chi connectivity index (χ0v) is 12.6. The molecule has 0 amide bonds. The first-order valence-electron chi connectivity index (χ1n) is 6.95. The normalized spacial score (nSPS) is 10.4. The number of nitrogens with zero attached hydrogens (tertiary/aromatic N) is 2. The van der Waals surface area contributed by atoms with Gasteiger partial charge in [-0.3, -0.25) is 9.48 Å². The highest BCUT2D eigenvalue weighted by atomic mass is 16.5. The Morgan fingerprint density at radius 3 is 2.76 bits per heavy atom. The van der Waals surface area contributed by atoms with Crippen LogP contribution in [-0.4, -0.2) is 29.8 Å². The Morgan fingerprint density at radius 1 is 1.29 bits per heavy atom. The first-order chi connectivity index (χ1) is 10.2. The minimum Gasteiger partial charge on any atom is -0.497 e. The molecule has 1 aromatic heterocycles. The molecule has 0 atom stereocenters. The first-order valence-corrected chi connectivity index (χ1v) is 6.95. The van der Waals surface area contributed by atoms with Gasteiger partial charge >= 0.3 is 0 Å². The van der Waals surface area contributed by atoms with Crippen LogP contribution in [0.1, 0.15) is 29.4 Å². The summed E-state index contributed by atoms with van der Waals surface area (Å²) in [5.74, 6) is 1.26. The van der Waals surface area contributed by atoms with E-state index < -0.39 is 0 Å². The second-order valence-corrected chi connectivity index (χ2v) is 4.74. The van der Waals surface area contributed by atoms with Gasteiger partial charge < -0.3 is 9.47 Å². The smallest absolute Gasteiger partial charge is 0.189 e. The minimum absolute atomic E-state index is 0.00828. The molecular weight excluding hydrogens is 268 g/mol. The third-order valence-corrected chi connectivity index (χ3v) is 3.22. The lowest BCUT2D eigenvalue weighted by molar-refractivity contribution is 0.0979. The molecule has 0 aliphatic rings. The van der Waals surface area contributed by atoms with Crippen molar-refractivity contribution in [3.63, 3.8) is 0 Å². The number of aryl methyl sites for hydroxylation is 1. The summed E-state index contributed by atoms with van der Waals surface area (Å²) in [6, 6.07) is 7.51. The maximum absolute atomic E-state index is 12.6. The molecule has 1 aromatic carbocycles. The van der Waals surface area contributed by atoms with Crippen molar-refractivity contribution < 1.29 is 14.3 Å². The molecule has 1 heterocycles. The molecule has 112 valence electrons. The van der Waals surface area contributed by atoms with Crippen molar-refractivity contribution in [3.8, 4) is 11.5 Å². The van der Waals surface area contributed by atoms with Gasteiger partial charge in [-0.05, 0) is 24.1 Å². The molecule has 0 fully saturated rings. The minimum atomic E-state index is -0.00828. The molecule has 0 saturated heterocycles. The lowest BCUT2D eigenvalue weighted by atomic mass is 10.1. The van der Waals surface area contributed by atoms with Crippen LogP contribution in [0.4, 0.5) is 0 Å². The Balaban J connectivity index is 2.24. The Labute approximate surface area is 124 Å². The van der Waals surface area contributed by atoms with E-state index in [1.54, 1.807) is 25.1 Å². The monoisotopic (exact) mass is 288 g/mol. The fourth-order valence-corrected chi connectivity index (χ4v) is 2.23. The predicted molar refractivity (Wildman–Crippen MR) is 80.1 cm³/mol. The standard InChI is InChI=1S/C16H20N2O3/c1-4-8-18-16(15(21-3)11-17-18)14(19)10-12-6-5-7-13(9-12)20-2/h5-7,9,11H,4,8,10H2,1-3H3. The first kappa shape index (κ1) is 15.1. The van der Waals surface area contributed by atoms with Crippen molar-refractivity contribution >= 4 is 5.78 Å². The van der Waals surface area contributed by atoms with E-state index in [4.69, 9.17) is 9.47 Å². The highest BCUT2D eigenvalue weighted by Crippen LogP contribution is 2.21. The fourth-order valence-electron chi connectivity index (χ4n) is 2.23. The van der Waals surface area contributed by atoms with Gasteiger partial charge in [-0.15, -0.1) is 0 Å². The predicted octanol–water partition coefficient (Wildman–Crippen LogP) is 2.74. The van der Waals surface area contributed by atoms with Gasteiger partial charge in [0.2, 0.25) is 0 Å². The number of carbonyl (C=O) groups is 1. The molecular formula is C16H20N2O3. The molecule has 2 rings (SSSR count). The molecule has 0 spiro atoms. The molecule has 0 saturated carbocycles. The Kier molecular flexibility index (Phi) is 4.98. The van der Waals surface area contributed by atoms with Gasteiger partial charge in [0.25, 0.3) is 0 Å². The second-order valence-electron chi connectivity index (χ2n) is 4.74. The maximum Gasteiger partial charge on any atom is 0.189 e. The number of aromatic nitrogens is 2. The third kappa shape index (κ3) is 3.42. The largest absolute Gasteiger partial charge is 0.497 e. The number of hydrogen-bond acceptors (Lipinski definition) is 4. The van der Waals surface area contributed by atoms with Crippen LogP contribution in [0.5, 0.6) is 11.5 Å². The lowest BCUT2D eigenvalue weighted by Gasteiger charge is -2.08. The zero-order valence-electron chi connectivity index (χ0n) is 12.6. The van der Waals surface area contributed by atoms with Crippen molar-refractivity contribution in [1.82, 2.24) is 9.78 Å². The Hall–Kier alpha value is -2.30. The van der Waals surface area contributed by atoms with Crippen LogP contribution in [0.25, 0.3) is 0 Å². The van der Waals surface area contributed by atoms with Crippen molar-refractivity contribution in [1.29, 1.82) is 0 Å². The number of benzene rings is 1. The highest BCUT2D eigenvalue weighted by Gasteiger charge is 2.19. The van der Waals surface area contributed by atoms with Gasteiger partial charge in [-0.25, -0.2) is 0 Å². The number of methoxy groups -OCH3 is 2. The van der Waals surface area contributed by atoms with Crippen LogP contribution in [0.3, 0.4) is 0 Å². The number of rotatable bonds is 7. The van der Waals surface area contributed by atoms with Crippen LogP contribution in [0, 0.1) is 0 Å². The van der Waals surface area contributed by atoms with Crippen molar-refractivity contribution in [2.24, 2.45) is 0 Å². The summed E-state index contributed by atoms with van der Waals surface area (Å²) in [4.78, 5) is 12.6. The maximum atomic E-state index is 12.6. The highest BCUT2D eigenvalue weighted by molar-refractivity contribution is 5.98. The number of Topliss-reactive ketones (excluding diaryl/α,β-unsaturated/α-hetero) is 1. The summed E-state index contributed by atoms with van der Waals surface area (Å²) in [6.07, 6.45) is 2.79. The van der Waals surface area contributed by atoms with Gasteiger partial charge in [0.1, 0.15) is 11.4 Å². The topological polar surface area (TPSA) is 53.4 Å². The number of hydrogen-bond donors (Lipinski definition) is 0. The van der Waals surface area contributed by atoms with E-state index in [0.29, 0.717) is 24.4 Å². The van der Waals surface area contributed by atoms with Crippen molar-refractivity contribution in [2.75, 3.05) is 14.2 Å². The van der Waals surface area contributed by atoms with E-state index in [0.717, 1.165) is 17.7 Å². The average Bonchev–Trinajstić information content (AvgIpc) is 2.90. The van der Waals surface area contributed by atoms with E-state index >= 15 is 0 Å². The van der Waals surface area contributed by atoms with E-state index in [9.17, 15) is 4.79 Å². The van der Waals surface area contributed by atoms with Crippen molar-refractivity contribution in [3.05, 3.63) is 41.7 Å². The van der Waals surface area contributed by atoms with Gasteiger partial charge in [0.05, 0.1) is 20.4 Å². The molecule has 5 nitrogen and oxygen atoms in total. The van der Waals surface area contributed by atoms with Crippen molar-refractivity contribution in [2.45, 2.75) is 26.3 Å². The van der Waals surface area contributed by atoms with Gasteiger partial charge in [-0.2, -0.15) is 5.10 Å². The average molecular weight is 288 g/mol. The quantitative estimate of drug-likeness (QED) is 0.735. The van der Waals surface area contributed by atoms with Crippen LogP contribution in [0.2, 0.25) is 0 Å². The molecule has 0 radical (unpaired) electrons. The summed E-state index contributed by atoms with van der Waals surface area (Å²) in [6.45, 7) is 2.74. The summed E-state index contributed by atoms with van der Waals surface area (Å²) in [5, 5.41) is 4.22. The molecule has 0 bridgehead atoms. The van der Waals surface area contributed by atoms with Gasteiger partial charge in [0.15, 0.2) is 11.5 Å². The van der Waals surface area contributed by atoms with Crippen LogP contribution in [0.15, 0.2) is 30.5 Å². The molecule has 5 heteroatoms. The van der Waals surface area contributed by atoms with Gasteiger partial charge in [-0.1, -0.05) is 19.1 Å². The summed E-state index contributed by atoms with van der Waals surface area (Å²) < 4.78 is 12.1. The van der Waals surface area contributed by atoms with E-state index in [2.05, 4.69) is 5.10 Å². The van der Waals surface area contributed by atoms with Crippen LogP contribution in [-0.2, 0) is 13.0 Å². The summed E-state index contributed by atoms with van der Waals surface area (Å²) >= 11 is 0. The second kappa shape index (κ2) is 6.92. The van der Waals surface area contributed by atoms with Crippen LogP contribution < -0.4 is 9.47 Å². The Bertz CT molecular complexity index is 620. The third-order valence-electron chi connectivity index (χ3n) is 3.22. The molecule has 0 unspecified atom stereocenters. The number of ketones is 1. The van der Waals surface area contributed by atoms with Crippen LogP contribution >= 0.6 is 0 Å².